The molecule has 12 heteroatoms. The van der Waals surface area contributed by atoms with Crippen molar-refractivity contribution < 1.29 is 37.5 Å². The number of alkyl halides is 2. The van der Waals surface area contributed by atoms with Gasteiger partial charge in [-0.05, 0) is 37.1 Å². The Morgan fingerprint density at radius 3 is 2.39 bits per heavy atom. The number of nitro groups is 1. The van der Waals surface area contributed by atoms with E-state index >= 15 is 0 Å². The van der Waals surface area contributed by atoms with E-state index in [9.17, 15) is 28.5 Å². The van der Waals surface area contributed by atoms with Gasteiger partial charge in [0.1, 0.15) is 5.56 Å². The van der Waals surface area contributed by atoms with E-state index in [1.165, 1.54) is 0 Å². The van der Waals surface area contributed by atoms with Gasteiger partial charge in [0.2, 0.25) is 0 Å². The second kappa shape index (κ2) is 10.6. The summed E-state index contributed by atoms with van der Waals surface area (Å²) < 4.78 is 39.0. The third kappa shape index (κ3) is 6.05. The molecular weight excluding hydrogens is 444 g/mol. The van der Waals surface area contributed by atoms with Crippen LogP contribution in [0.1, 0.15) is 23.2 Å². The Bertz CT molecular complexity index is 1030. The van der Waals surface area contributed by atoms with E-state index in [1.54, 1.807) is 12.1 Å². The lowest BCUT2D eigenvalue weighted by Gasteiger charge is -2.17. The van der Waals surface area contributed by atoms with Gasteiger partial charge in [-0.2, -0.15) is 8.78 Å². The number of ether oxygens (including phenoxy) is 3. The van der Waals surface area contributed by atoms with E-state index in [0.717, 1.165) is 44.8 Å². The highest BCUT2D eigenvalue weighted by Crippen LogP contribution is 2.36. The first-order valence-electron chi connectivity index (χ1n) is 9.91. The molecule has 0 unspecified atom stereocenters. The summed E-state index contributed by atoms with van der Waals surface area (Å²) in [5, 5.41) is 13.9. The molecule has 1 amide bonds. The number of methoxy groups -OCH3 is 1. The normalized spacial score (nSPS) is 13.0. The zero-order valence-corrected chi connectivity index (χ0v) is 17.6. The molecule has 0 aliphatic carbocycles. The van der Waals surface area contributed by atoms with E-state index in [1.807, 2.05) is 12.1 Å². The highest BCUT2D eigenvalue weighted by atomic mass is 19.3. The van der Waals surface area contributed by atoms with Crippen molar-refractivity contribution in [2.75, 3.05) is 37.0 Å². The number of hydrogen-bond donors (Lipinski definition) is 1. The van der Waals surface area contributed by atoms with Crippen LogP contribution in [0.25, 0.3) is 0 Å². The van der Waals surface area contributed by atoms with E-state index in [2.05, 4.69) is 15.0 Å². The van der Waals surface area contributed by atoms with Crippen LogP contribution in [0, 0.1) is 10.1 Å². The summed E-state index contributed by atoms with van der Waals surface area (Å²) >= 11 is 0. The number of benzene rings is 2. The molecule has 0 radical (unpaired) electrons. The summed E-state index contributed by atoms with van der Waals surface area (Å²) in [6.07, 6.45) is 2.27. The number of rotatable bonds is 9. The number of esters is 1. The fourth-order valence-corrected chi connectivity index (χ4v) is 3.35. The van der Waals surface area contributed by atoms with Crippen molar-refractivity contribution >= 4 is 28.9 Å². The predicted molar refractivity (Wildman–Crippen MR) is 113 cm³/mol. The zero-order valence-electron chi connectivity index (χ0n) is 17.6. The van der Waals surface area contributed by atoms with E-state index < -0.39 is 47.0 Å². The summed E-state index contributed by atoms with van der Waals surface area (Å²) in [4.78, 5) is 37.1. The van der Waals surface area contributed by atoms with Gasteiger partial charge < -0.3 is 24.4 Å². The van der Waals surface area contributed by atoms with Crippen LogP contribution in [-0.2, 0) is 9.53 Å². The third-order valence-corrected chi connectivity index (χ3v) is 4.87. The number of carbonyl (C=O) groups excluding carboxylic acids is 2. The van der Waals surface area contributed by atoms with Gasteiger partial charge in [-0.15, -0.1) is 0 Å². The van der Waals surface area contributed by atoms with E-state index in [-0.39, 0.29) is 5.75 Å². The Morgan fingerprint density at radius 1 is 1.15 bits per heavy atom. The maximum absolute atomic E-state index is 12.5. The standard InChI is InChI=1S/C21H21F2N3O7/c1-31-17-10-15(16(26(29)30)11-18(17)33-21(22)23)20(28)32-12-19(27)24-13-4-6-14(7-5-13)25-8-2-3-9-25/h4-7,10-11,21H,2-3,8-9,12H2,1H3,(H,24,27). The maximum Gasteiger partial charge on any atom is 0.387 e. The van der Waals surface area contributed by atoms with Gasteiger partial charge in [0.25, 0.3) is 11.6 Å². The SMILES string of the molecule is COc1cc(C(=O)OCC(=O)Nc2ccc(N3CCCC3)cc2)c([N+](=O)[O-])cc1OC(F)F. The molecule has 0 atom stereocenters. The molecule has 1 saturated heterocycles. The number of nitrogens with one attached hydrogen (secondary N) is 1. The second-order valence-corrected chi connectivity index (χ2v) is 7.02. The fraction of sp³-hybridized carbons (Fsp3) is 0.333. The summed E-state index contributed by atoms with van der Waals surface area (Å²) in [7, 11) is 1.11. The highest BCUT2D eigenvalue weighted by Gasteiger charge is 2.27. The molecular formula is C21H21F2N3O7. The predicted octanol–water partition coefficient (Wildman–Crippen LogP) is 3.60. The quantitative estimate of drug-likeness (QED) is 0.339. The van der Waals surface area contributed by atoms with Crippen LogP contribution in [-0.4, -0.2) is 50.2 Å². The first-order chi connectivity index (χ1) is 15.8. The van der Waals surface area contributed by atoms with Crippen molar-refractivity contribution in [1.82, 2.24) is 0 Å². The van der Waals surface area contributed by atoms with E-state index in [0.29, 0.717) is 11.8 Å². The largest absolute Gasteiger partial charge is 0.493 e. The molecule has 176 valence electrons. The monoisotopic (exact) mass is 465 g/mol. The number of nitrogens with zero attached hydrogens (tertiary/aromatic N) is 2. The van der Waals surface area contributed by atoms with Crippen molar-refractivity contribution in [2.45, 2.75) is 19.5 Å². The summed E-state index contributed by atoms with van der Waals surface area (Å²) in [5.41, 5.74) is 0.105. The van der Waals surface area contributed by atoms with Crippen molar-refractivity contribution in [3.8, 4) is 11.5 Å². The van der Waals surface area contributed by atoms with Crippen LogP contribution in [0.4, 0.5) is 25.8 Å². The van der Waals surface area contributed by atoms with Crippen molar-refractivity contribution in [3.05, 3.63) is 52.1 Å². The second-order valence-electron chi connectivity index (χ2n) is 7.02. The molecule has 2 aromatic carbocycles. The topological polar surface area (TPSA) is 120 Å². The molecule has 1 aliphatic heterocycles. The average Bonchev–Trinajstić information content (AvgIpc) is 3.32. The number of nitro benzene ring substituents is 1. The first kappa shape index (κ1) is 23.7. The van der Waals surface area contributed by atoms with Gasteiger partial charge in [-0.3, -0.25) is 14.9 Å². The molecule has 3 rings (SSSR count). The molecule has 10 nitrogen and oxygen atoms in total. The van der Waals surface area contributed by atoms with Crippen molar-refractivity contribution in [1.29, 1.82) is 0 Å². The number of hydrogen-bond acceptors (Lipinski definition) is 8. The number of amides is 1. The van der Waals surface area contributed by atoms with Crippen molar-refractivity contribution in [3.63, 3.8) is 0 Å². The minimum atomic E-state index is -3.26. The van der Waals surface area contributed by atoms with Gasteiger partial charge in [-0.25, -0.2) is 4.79 Å². The Labute approximate surface area is 187 Å². The van der Waals surface area contributed by atoms with Gasteiger partial charge >= 0.3 is 12.6 Å². The van der Waals surface area contributed by atoms with Gasteiger partial charge in [0.05, 0.1) is 18.1 Å². The maximum atomic E-state index is 12.5. The van der Waals surface area contributed by atoms with Crippen molar-refractivity contribution in [2.24, 2.45) is 0 Å². The lowest BCUT2D eigenvalue weighted by Crippen LogP contribution is -2.21. The Kier molecular flexibility index (Phi) is 7.59. The molecule has 0 bridgehead atoms. The van der Waals surface area contributed by atoms with E-state index in [4.69, 9.17) is 9.47 Å². The lowest BCUT2D eigenvalue weighted by atomic mass is 10.1. The molecule has 0 saturated carbocycles. The fourth-order valence-electron chi connectivity index (χ4n) is 3.35. The summed E-state index contributed by atoms with van der Waals surface area (Å²) in [5.74, 6) is -2.83. The molecule has 1 fully saturated rings. The highest BCUT2D eigenvalue weighted by molar-refractivity contribution is 5.98. The van der Waals surface area contributed by atoms with Gasteiger partial charge in [-0.1, -0.05) is 0 Å². The number of anilines is 2. The van der Waals surface area contributed by atoms with Crippen LogP contribution in [0.2, 0.25) is 0 Å². The van der Waals surface area contributed by atoms with Crippen LogP contribution >= 0.6 is 0 Å². The van der Waals surface area contributed by atoms with Crippen LogP contribution in [0.3, 0.4) is 0 Å². The third-order valence-electron chi connectivity index (χ3n) is 4.87. The Balaban J connectivity index is 1.64. The first-order valence-corrected chi connectivity index (χ1v) is 9.91. The minimum Gasteiger partial charge on any atom is -0.493 e. The Hall–Kier alpha value is -3.96. The Morgan fingerprint density at radius 2 is 1.82 bits per heavy atom. The molecule has 0 aromatic heterocycles. The van der Waals surface area contributed by atoms with Gasteiger partial charge in [0.15, 0.2) is 18.1 Å². The summed E-state index contributed by atoms with van der Waals surface area (Å²) in [6, 6.07) is 8.63. The minimum absolute atomic E-state index is 0.338. The molecule has 1 heterocycles. The molecule has 0 spiro atoms. The summed E-state index contributed by atoms with van der Waals surface area (Å²) in [6.45, 7) is -2.02. The molecule has 1 N–H and O–H groups in total. The molecule has 2 aromatic rings. The molecule has 1 aliphatic rings. The molecule has 33 heavy (non-hydrogen) atoms. The zero-order chi connectivity index (χ0) is 24.0. The van der Waals surface area contributed by atoms with Crippen LogP contribution in [0.5, 0.6) is 11.5 Å². The number of carbonyl (C=O) groups is 2. The average molecular weight is 465 g/mol. The van der Waals surface area contributed by atoms with Crippen LogP contribution < -0.4 is 19.7 Å². The lowest BCUT2D eigenvalue weighted by molar-refractivity contribution is -0.385. The number of halogens is 2. The smallest absolute Gasteiger partial charge is 0.387 e. The van der Waals surface area contributed by atoms with Crippen LogP contribution in [0.15, 0.2) is 36.4 Å². The van der Waals surface area contributed by atoms with Gasteiger partial charge in [0, 0.05) is 30.5 Å².